The van der Waals surface area contributed by atoms with E-state index in [0.29, 0.717) is 11.2 Å². The maximum atomic E-state index is 9.65. The fourth-order valence-electron chi connectivity index (χ4n) is 1.61. The Morgan fingerprint density at radius 2 is 1.94 bits per heavy atom. The molecule has 0 spiro atoms. The average molecular weight is 223 g/mol. The molecule has 0 atom stereocenters. The second kappa shape index (κ2) is 4.51. The molecule has 2 aromatic rings. The van der Waals surface area contributed by atoms with Gasteiger partial charge in [0.05, 0.1) is 12.1 Å². The number of pyridine rings is 1. The van der Waals surface area contributed by atoms with Gasteiger partial charge in [-0.2, -0.15) is 10.5 Å². The van der Waals surface area contributed by atoms with E-state index in [4.69, 9.17) is 10.5 Å². The summed E-state index contributed by atoms with van der Waals surface area (Å²) in [6, 6.07) is 12.5. The number of nitriles is 2. The van der Waals surface area contributed by atoms with E-state index in [9.17, 15) is 5.11 Å². The van der Waals surface area contributed by atoms with Crippen molar-refractivity contribution in [1.29, 1.82) is 10.5 Å². The number of rotatable bonds is 2. The SMILES string of the molecule is N#CC(C#N)Cc1ccc2cccc(O)c2n1. The third kappa shape index (κ3) is 2.16. The fourth-order valence-corrected chi connectivity index (χ4v) is 1.61. The number of fused-ring (bicyclic) bond motifs is 1. The van der Waals surface area contributed by atoms with Crippen LogP contribution in [0.5, 0.6) is 5.75 Å². The Bertz CT molecular complexity index is 623. The number of aromatic nitrogens is 1. The van der Waals surface area contributed by atoms with Gasteiger partial charge in [0.1, 0.15) is 17.2 Å². The molecule has 1 N–H and O–H groups in total. The summed E-state index contributed by atoms with van der Waals surface area (Å²) in [6.07, 6.45) is 0.275. The van der Waals surface area contributed by atoms with Crippen molar-refractivity contribution in [3.63, 3.8) is 0 Å². The van der Waals surface area contributed by atoms with Crippen LogP contribution in [0, 0.1) is 28.6 Å². The van der Waals surface area contributed by atoms with Gasteiger partial charge in [-0.1, -0.05) is 18.2 Å². The molecule has 0 fully saturated rings. The first-order valence-corrected chi connectivity index (χ1v) is 5.11. The topological polar surface area (TPSA) is 80.7 Å². The van der Waals surface area contributed by atoms with Crippen molar-refractivity contribution in [3.05, 3.63) is 36.0 Å². The van der Waals surface area contributed by atoms with E-state index in [1.807, 2.05) is 24.3 Å². The molecule has 4 nitrogen and oxygen atoms in total. The molecule has 1 heterocycles. The molecule has 0 aliphatic carbocycles. The van der Waals surface area contributed by atoms with Gasteiger partial charge < -0.3 is 5.11 Å². The van der Waals surface area contributed by atoms with E-state index >= 15 is 0 Å². The Morgan fingerprint density at radius 3 is 2.65 bits per heavy atom. The maximum Gasteiger partial charge on any atom is 0.141 e. The lowest BCUT2D eigenvalue weighted by atomic mass is 10.1. The summed E-state index contributed by atoms with van der Waals surface area (Å²) in [5, 5.41) is 27.9. The number of phenols is 1. The average Bonchev–Trinajstić information content (AvgIpc) is 2.37. The largest absolute Gasteiger partial charge is 0.506 e. The number of para-hydroxylation sites is 1. The lowest BCUT2D eigenvalue weighted by Crippen LogP contribution is -2.00. The molecule has 1 aromatic heterocycles. The summed E-state index contributed by atoms with van der Waals surface area (Å²) in [4.78, 5) is 4.26. The normalized spacial score (nSPS) is 10.1. The molecule has 82 valence electrons. The zero-order valence-electron chi connectivity index (χ0n) is 8.96. The van der Waals surface area contributed by atoms with Crippen LogP contribution in [0.2, 0.25) is 0 Å². The van der Waals surface area contributed by atoms with Gasteiger partial charge in [-0.15, -0.1) is 0 Å². The van der Waals surface area contributed by atoms with Crippen LogP contribution in [0.4, 0.5) is 0 Å². The van der Waals surface area contributed by atoms with E-state index in [-0.39, 0.29) is 12.2 Å². The minimum atomic E-state index is -0.703. The van der Waals surface area contributed by atoms with E-state index in [1.165, 1.54) is 0 Å². The van der Waals surface area contributed by atoms with Gasteiger partial charge >= 0.3 is 0 Å². The zero-order chi connectivity index (χ0) is 12.3. The summed E-state index contributed by atoms with van der Waals surface area (Å²) in [6.45, 7) is 0. The second-order valence-corrected chi connectivity index (χ2v) is 3.67. The minimum Gasteiger partial charge on any atom is -0.506 e. The molecule has 4 heteroatoms. The van der Waals surface area contributed by atoms with Crippen molar-refractivity contribution in [2.45, 2.75) is 6.42 Å². The van der Waals surface area contributed by atoms with Crippen molar-refractivity contribution in [2.75, 3.05) is 0 Å². The number of nitrogens with zero attached hydrogens (tertiary/aromatic N) is 3. The van der Waals surface area contributed by atoms with Crippen LogP contribution in [0.1, 0.15) is 5.69 Å². The Kier molecular flexibility index (Phi) is 2.89. The smallest absolute Gasteiger partial charge is 0.141 e. The molecule has 0 unspecified atom stereocenters. The molecule has 0 aliphatic rings. The summed E-state index contributed by atoms with van der Waals surface area (Å²) in [5.74, 6) is -0.597. The van der Waals surface area contributed by atoms with Gasteiger partial charge in [0.15, 0.2) is 0 Å². The quantitative estimate of drug-likeness (QED) is 0.845. The van der Waals surface area contributed by atoms with Gasteiger partial charge in [0.2, 0.25) is 0 Å². The van der Waals surface area contributed by atoms with Gasteiger partial charge in [0, 0.05) is 17.5 Å². The third-order valence-corrected chi connectivity index (χ3v) is 2.48. The van der Waals surface area contributed by atoms with Crippen LogP contribution in [-0.2, 0) is 6.42 Å². The van der Waals surface area contributed by atoms with Gasteiger partial charge in [0.25, 0.3) is 0 Å². The predicted octanol–water partition coefficient (Wildman–Crippen LogP) is 2.15. The van der Waals surface area contributed by atoms with Crippen molar-refractivity contribution in [3.8, 4) is 17.9 Å². The van der Waals surface area contributed by atoms with E-state index < -0.39 is 5.92 Å². The minimum absolute atomic E-state index is 0.106. The molecular weight excluding hydrogens is 214 g/mol. The monoisotopic (exact) mass is 223 g/mol. The van der Waals surface area contributed by atoms with Crippen molar-refractivity contribution < 1.29 is 5.11 Å². The summed E-state index contributed by atoms with van der Waals surface area (Å²) in [5.41, 5.74) is 1.13. The summed E-state index contributed by atoms with van der Waals surface area (Å²) >= 11 is 0. The number of hydrogen-bond donors (Lipinski definition) is 1. The van der Waals surface area contributed by atoms with Crippen LogP contribution in [-0.4, -0.2) is 10.1 Å². The Hall–Kier alpha value is -2.59. The highest BCUT2D eigenvalue weighted by Crippen LogP contribution is 2.22. The van der Waals surface area contributed by atoms with Crippen LogP contribution < -0.4 is 0 Å². The number of phenolic OH excluding ortho intramolecular Hbond substituents is 1. The van der Waals surface area contributed by atoms with Crippen molar-refractivity contribution >= 4 is 10.9 Å². The Balaban J connectivity index is 2.42. The van der Waals surface area contributed by atoms with Crippen LogP contribution in [0.25, 0.3) is 10.9 Å². The summed E-state index contributed by atoms with van der Waals surface area (Å²) in [7, 11) is 0. The lowest BCUT2D eigenvalue weighted by Gasteiger charge is -2.04. The zero-order valence-corrected chi connectivity index (χ0v) is 8.96. The second-order valence-electron chi connectivity index (χ2n) is 3.67. The first-order valence-electron chi connectivity index (χ1n) is 5.11. The Labute approximate surface area is 98.4 Å². The third-order valence-electron chi connectivity index (χ3n) is 2.48. The molecule has 1 aromatic carbocycles. The van der Waals surface area contributed by atoms with Crippen molar-refractivity contribution in [2.24, 2.45) is 5.92 Å². The van der Waals surface area contributed by atoms with Gasteiger partial charge in [-0.05, 0) is 12.1 Å². The highest BCUT2D eigenvalue weighted by atomic mass is 16.3. The molecule has 0 saturated heterocycles. The van der Waals surface area contributed by atoms with Gasteiger partial charge in [-0.3, -0.25) is 0 Å². The molecule has 0 radical (unpaired) electrons. The molecule has 0 amide bonds. The van der Waals surface area contributed by atoms with Crippen LogP contribution in [0.3, 0.4) is 0 Å². The highest BCUT2D eigenvalue weighted by Gasteiger charge is 2.09. The van der Waals surface area contributed by atoms with Crippen LogP contribution >= 0.6 is 0 Å². The predicted molar refractivity (Wildman–Crippen MR) is 61.8 cm³/mol. The van der Waals surface area contributed by atoms with E-state index in [0.717, 1.165) is 5.39 Å². The molecule has 0 saturated carbocycles. The fraction of sp³-hybridized carbons (Fsp3) is 0.154. The molecular formula is C13H9N3O. The number of aromatic hydroxyl groups is 1. The first kappa shape index (κ1) is 10.9. The maximum absolute atomic E-state index is 9.65. The molecule has 17 heavy (non-hydrogen) atoms. The van der Waals surface area contributed by atoms with Crippen LogP contribution in [0.15, 0.2) is 30.3 Å². The standard InChI is InChI=1S/C13H9N3O/c14-7-9(8-15)6-11-5-4-10-2-1-3-12(17)13(10)16-11/h1-5,9,17H,6H2. The van der Waals surface area contributed by atoms with Crippen molar-refractivity contribution in [1.82, 2.24) is 4.98 Å². The van der Waals surface area contributed by atoms with Gasteiger partial charge in [-0.25, -0.2) is 4.98 Å². The number of hydrogen-bond acceptors (Lipinski definition) is 4. The lowest BCUT2D eigenvalue weighted by molar-refractivity contribution is 0.480. The summed E-state index contributed by atoms with van der Waals surface area (Å²) < 4.78 is 0. The Morgan fingerprint density at radius 1 is 1.18 bits per heavy atom. The first-order chi connectivity index (χ1) is 8.24. The molecule has 0 aliphatic heterocycles. The molecule has 2 rings (SSSR count). The molecule has 0 bridgehead atoms. The van der Waals surface area contributed by atoms with E-state index in [2.05, 4.69) is 4.98 Å². The van der Waals surface area contributed by atoms with E-state index in [1.54, 1.807) is 18.2 Å². The highest BCUT2D eigenvalue weighted by molar-refractivity contribution is 5.84. The number of benzene rings is 1.